The second kappa shape index (κ2) is 11.7. The van der Waals surface area contributed by atoms with Crippen molar-refractivity contribution in [2.45, 2.75) is 38.9 Å². The van der Waals surface area contributed by atoms with Crippen LogP contribution in [0.3, 0.4) is 0 Å². The monoisotopic (exact) mass is 540 g/mol. The Bertz CT molecular complexity index is 1450. The topological polar surface area (TPSA) is 78.7 Å². The van der Waals surface area contributed by atoms with Crippen molar-refractivity contribution in [3.05, 3.63) is 88.3 Å². The first-order valence-corrected chi connectivity index (χ1v) is 13.3. The van der Waals surface area contributed by atoms with Crippen molar-refractivity contribution in [1.82, 2.24) is 4.90 Å². The Hall–Kier alpha value is -4.51. The van der Waals surface area contributed by atoms with Crippen molar-refractivity contribution in [3.63, 3.8) is 0 Å². The van der Waals surface area contributed by atoms with E-state index in [2.05, 4.69) is 30.8 Å². The lowest BCUT2D eigenvalue weighted by Gasteiger charge is -2.38. The average Bonchev–Trinajstić information content (AvgIpc) is 3.31. The maximum atomic E-state index is 11.8. The molecule has 0 radical (unpaired) electrons. The smallest absolute Gasteiger partial charge is 0.306 e. The molecule has 206 valence electrons. The molecule has 0 unspecified atom stereocenters. The standard InChI is InChI=1S/C32H32N2O6/c1-20-10-26(40-27-16-34(17-27)30(35)15-33-3)11-21(2)32(20)23-7-5-6-22(12-23)18-38-25-8-9-28-24(13-31(36)37-4)19-39-29(28)14-25/h5-12,14,24,27H,13,15-19H2,1-2,4H3/t24-/m1/s1. The molecule has 2 aliphatic rings. The molecule has 0 saturated carbocycles. The number of nitrogens with zero attached hydrogens (tertiary/aromatic N) is 2. The number of carbonyl (C=O) groups excluding carboxylic acids is 2. The first-order valence-electron chi connectivity index (χ1n) is 13.3. The van der Waals surface area contributed by atoms with Crippen LogP contribution >= 0.6 is 0 Å². The minimum atomic E-state index is -0.245. The molecule has 2 aliphatic heterocycles. The van der Waals surface area contributed by atoms with Crippen molar-refractivity contribution < 1.29 is 28.5 Å². The van der Waals surface area contributed by atoms with E-state index >= 15 is 0 Å². The Morgan fingerprint density at radius 3 is 2.55 bits per heavy atom. The molecular formula is C32H32N2O6. The molecule has 1 amide bonds. The zero-order chi connectivity index (χ0) is 28.2. The number of likely N-dealkylation sites (tertiary alicyclic amines) is 1. The molecule has 2 heterocycles. The molecule has 3 aromatic rings. The van der Waals surface area contributed by atoms with Gasteiger partial charge < -0.3 is 28.7 Å². The van der Waals surface area contributed by atoms with Crippen LogP contribution in [0.4, 0.5) is 0 Å². The summed E-state index contributed by atoms with van der Waals surface area (Å²) >= 11 is 0. The van der Waals surface area contributed by atoms with Crippen LogP contribution in [-0.4, -0.2) is 56.2 Å². The molecule has 1 atom stereocenters. The molecule has 1 saturated heterocycles. The number of carbonyl (C=O) groups is 2. The average molecular weight is 541 g/mol. The van der Waals surface area contributed by atoms with Gasteiger partial charge in [-0.2, -0.15) is 0 Å². The van der Waals surface area contributed by atoms with Crippen LogP contribution < -0.4 is 14.2 Å². The van der Waals surface area contributed by atoms with Crippen molar-refractivity contribution >= 4 is 11.9 Å². The number of esters is 1. The summed E-state index contributed by atoms with van der Waals surface area (Å²) in [6, 6.07) is 18.1. The van der Waals surface area contributed by atoms with Crippen molar-refractivity contribution in [1.29, 1.82) is 0 Å². The molecule has 1 fully saturated rings. The first kappa shape index (κ1) is 27.1. The van der Waals surface area contributed by atoms with Gasteiger partial charge in [-0.05, 0) is 65.9 Å². The first-order chi connectivity index (χ1) is 19.3. The van der Waals surface area contributed by atoms with Gasteiger partial charge in [0.05, 0.1) is 33.2 Å². The van der Waals surface area contributed by atoms with Crippen LogP contribution in [0.2, 0.25) is 0 Å². The molecule has 0 aromatic heterocycles. The van der Waals surface area contributed by atoms with Crippen molar-refractivity contribution in [2.24, 2.45) is 0 Å². The summed E-state index contributed by atoms with van der Waals surface area (Å²) in [4.78, 5) is 28.3. The Kier molecular flexibility index (Phi) is 7.92. The molecule has 0 spiro atoms. The largest absolute Gasteiger partial charge is 0.492 e. The number of hydrogen-bond donors (Lipinski definition) is 0. The van der Waals surface area contributed by atoms with Crippen LogP contribution in [0.25, 0.3) is 16.0 Å². The number of amides is 1. The summed E-state index contributed by atoms with van der Waals surface area (Å²) in [5.74, 6) is 1.86. The van der Waals surface area contributed by atoms with Crippen LogP contribution in [0.5, 0.6) is 17.2 Å². The molecule has 5 rings (SSSR count). The van der Waals surface area contributed by atoms with Gasteiger partial charge in [0.25, 0.3) is 6.54 Å². The van der Waals surface area contributed by atoms with E-state index in [1.165, 1.54) is 7.11 Å². The molecule has 0 N–H and O–H groups in total. The minimum absolute atomic E-state index is 0.000471. The van der Waals surface area contributed by atoms with Gasteiger partial charge >= 0.3 is 11.9 Å². The number of aryl methyl sites for hydroxylation is 2. The van der Waals surface area contributed by atoms with Crippen LogP contribution in [0.1, 0.15) is 34.6 Å². The van der Waals surface area contributed by atoms with Crippen LogP contribution in [0.15, 0.2) is 54.6 Å². The predicted octanol–water partition coefficient (Wildman–Crippen LogP) is 5.10. The summed E-state index contributed by atoms with van der Waals surface area (Å²) in [6.45, 7) is 12.8. The number of benzene rings is 3. The van der Waals surface area contributed by atoms with Gasteiger partial charge in [0, 0.05) is 17.5 Å². The van der Waals surface area contributed by atoms with E-state index in [1.54, 1.807) is 4.90 Å². The van der Waals surface area contributed by atoms with E-state index in [-0.39, 0.29) is 30.4 Å². The zero-order valence-corrected chi connectivity index (χ0v) is 22.9. The van der Waals surface area contributed by atoms with Crippen molar-refractivity contribution in [3.8, 4) is 28.4 Å². The second-order valence-corrected chi connectivity index (χ2v) is 10.3. The molecule has 8 heteroatoms. The fraction of sp³-hybridized carbons (Fsp3) is 0.344. The lowest BCUT2D eigenvalue weighted by Crippen LogP contribution is -2.56. The molecule has 3 aromatic carbocycles. The number of methoxy groups -OCH3 is 1. The van der Waals surface area contributed by atoms with Crippen LogP contribution in [0, 0.1) is 20.4 Å². The number of hydrogen-bond acceptors (Lipinski definition) is 6. The molecule has 40 heavy (non-hydrogen) atoms. The van der Waals surface area contributed by atoms with E-state index < -0.39 is 0 Å². The number of fused-ring (bicyclic) bond motifs is 1. The highest BCUT2D eigenvalue weighted by Crippen LogP contribution is 2.39. The summed E-state index contributed by atoms with van der Waals surface area (Å²) in [5, 5.41) is 0. The SMILES string of the molecule is [C-]#[N+]CC(=O)N1CC(Oc2cc(C)c(-c3cccc(COc4ccc5c(c4)OC[C@H]5CC(=O)OC)c3)c(C)c2)C1. The third-order valence-electron chi connectivity index (χ3n) is 7.35. The summed E-state index contributed by atoms with van der Waals surface area (Å²) in [5.41, 5.74) is 6.50. The van der Waals surface area contributed by atoms with Gasteiger partial charge in [0.2, 0.25) is 0 Å². The molecule has 8 nitrogen and oxygen atoms in total. The summed E-state index contributed by atoms with van der Waals surface area (Å²) < 4.78 is 22.8. The highest BCUT2D eigenvalue weighted by Gasteiger charge is 2.33. The predicted molar refractivity (Wildman–Crippen MR) is 149 cm³/mol. The Morgan fingerprint density at radius 2 is 1.82 bits per heavy atom. The lowest BCUT2D eigenvalue weighted by molar-refractivity contribution is -0.141. The fourth-order valence-corrected chi connectivity index (χ4v) is 5.31. The lowest BCUT2D eigenvalue weighted by atomic mass is 9.94. The number of rotatable bonds is 9. The Balaban J connectivity index is 1.22. The van der Waals surface area contributed by atoms with E-state index in [0.717, 1.165) is 44.9 Å². The normalized spacial score (nSPS) is 15.8. The Morgan fingerprint density at radius 1 is 1.05 bits per heavy atom. The minimum Gasteiger partial charge on any atom is -0.492 e. The maximum absolute atomic E-state index is 11.8. The van der Waals surface area contributed by atoms with Crippen molar-refractivity contribution in [2.75, 3.05) is 33.4 Å². The fourth-order valence-electron chi connectivity index (χ4n) is 5.31. The molecule has 0 bridgehead atoms. The summed E-state index contributed by atoms with van der Waals surface area (Å²) in [6.07, 6.45) is 0.246. The quantitative estimate of drug-likeness (QED) is 0.278. The Labute approximate surface area is 234 Å². The van der Waals surface area contributed by atoms with E-state index in [1.807, 2.05) is 42.5 Å². The van der Waals surface area contributed by atoms with E-state index in [4.69, 9.17) is 25.5 Å². The molecule has 0 aliphatic carbocycles. The third kappa shape index (κ3) is 5.89. The van der Waals surface area contributed by atoms with E-state index in [0.29, 0.717) is 38.5 Å². The highest BCUT2D eigenvalue weighted by molar-refractivity contribution is 5.80. The summed E-state index contributed by atoms with van der Waals surface area (Å²) in [7, 11) is 1.40. The van der Waals surface area contributed by atoms with E-state index in [9.17, 15) is 9.59 Å². The molecular weight excluding hydrogens is 508 g/mol. The van der Waals surface area contributed by atoms with Gasteiger partial charge in [-0.25, -0.2) is 6.57 Å². The second-order valence-electron chi connectivity index (χ2n) is 10.3. The van der Waals surface area contributed by atoms with Crippen LogP contribution in [-0.2, 0) is 20.9 Å². The third-order valence-corrected chi connectivity index (χ3v) is 7.35. The van der Waals surface area contributed by atoms with Gasteiger partial charge in [0.15, 0.2) is 0 Å². The highest BCUT2D eigenvalue weighted by atomic mass is 16.5. The maximum Gasteiger partial charge on any atom is 0.306 e. The zero-order valence-electron chi connectivity index (χ0n) is 22.9. The van der Waals surface area contributed by atoms with Gasteiger partial charge in [-0.1, -0.05) is 24.3 Å². The van der Waals surface area contributed by atoms with Gasteiger partial charge in [0.1, 0.15) is 30.0 Å². The number of ether oxygens (including phenoxy) is 4. The van der Waals surface area contributed by atoms with Gasteiger partial charge in [-0.3, -0.25) is 9.59 Å². The van der Waals surface area contributed by atoms with Gasteiger partial charge in [-0.15, -0.1) is 0 Å².